The molecular formula is C10H14O3. The van der Waals surface area contributed by atoms with Gasteiger partial charge in [-0.1, -0.05) is 0 Å². The second-order valence-electron chi connectivity index (χ2n) is 3.58. The molecule has 1 saturated carbocycles. The van der Waals surface area contributed by atoms with Gasteiger partial charge in [-0.3, -0.25) is 4.79 Å². The van der Waals surface area contributed by atoms with Crippen LogP contribution in [-0.2, 0) is 9.53 Å². The first-order valence-corrected chi connectivity index (χ1v) is 4.42. The lowest BCUT2D eigenvalue weighted by Gasteiger charge is -2.11. The number of aliphatic carboxylic acids is 1. The van der Waals surface area contributed by atoms with Gasteiger partial charge in [0.15, 0.2) is 0 Å². The van der Waals surface area contributed by atoms with Crippen LogP contribution in [0.2, 0.25) is 0 Å². The fraction of sp³-hybridized carbons (Fsp3) is 0.700. The number of rotatable bonds is 6. The van der Waals surface area contributed by atoms with Crippen molar-refractivity contribution in [1.82, 2.24) is 0 Å². The summed E-state index contributed by atoms with van der Waals surface area (Å²) >= 11 is 0. The van der Waals surface area contributed by atoms with Crippen LogP contribution in [0.15, 0.2) is 0 Å². The van der Waals surface area contributed by atoms with Crippen molar-refractivity contribution < 1.29 is 14.6 Å². The zero-order valence-electron chi connectivity index (χ0n) is 7.58. The third-order valence-electron chi connectivity index (χ3n) is 2.28. The number of terminal acetylenes is 1. The van der Waals surface area contributed by atoms with Gasteiger partial charge in [0.25, 0.3) is 0 Å². The molecule has 0 unspecified atom stereocenters. The monoisotopic (exact) mass is 182 g/mol. The van der Waals surface area contributed by atoms with Gasteiger partial charge in [0.2, 0.25) is 0 Å². The van der Waals surface area contributed by atoms with Crippen molar-refractivity contribution in [3.63, 3.8) is 0 Å². The summed E-state index contributed by atoms with van der Waals surface area (Å²) in [6.45, 7) is 1.08. The van der Waals surface area contributed by atoms with Gasteiger partial charge in [0.05, 0.1) is 19.6 Å². The summed E-state index contributed by atoms with van der Waals surface area (Å²) in [4.78, 5) is 10.5. The third-order valence-corrected chi connectivity index (χ3v) is 2.28. The van der Waals surface area contributed by atoms with Gasteiger partial charge < -0.3 is 9.84 Å². The van der Waals surface area contributed by atoms with Gasteiger partial charge in [-0.25, -0.2) is 0 Å². The molecule has 1 fully saturated rings. The van der Waals surface area contributed by atoms with E-state index in [1.165, 1.54) is 0 Å². The Hall–Kier alpha value is -1.01. The van der Waals surface area contributed by atoms with Crippen LogP contribution in [0.4, 0.5) is 0 Å². The molecule has 0 aliphatic heterocycles. The number of carboxylic acid groups (broad SMARTS) is 1. The summed E-state index contributed by atoms with van der Waals surface area (Å²) in [7, 11) is 0. The Balaban J connectivity index is 2.13. The van der Waals surface area contributed by atoms with Crippen molar-refractivity contribution in [3.05, 3.63) is 0 Å². The summed E-state index contributed by atoms with van der Waals surface area (Å²) in [6.07, 6.45) is 7.81. The van der Waals surface area contributed by atoms with E-state index in [2.05, 4.69) is 5.92 Å². The Kier molecular flexibility index (Phi) is 3.32. The van der Waals surface area contributed by atoms with Crippen LogP contribution in [-0.4, -0.2) is 24.3 Å². The molecule has 3 nitrogen and oxygen atoms in total. The van der Waals surface area contributed by atoms with Crippen molar-refractivity contribution in [2.24, 2.45) is 5.41 Å². The van der Waals surface area contributed by atoms with E-state index in [1.54, 1.807) is 0 Å². The highest BCUT2D eigenvalue weighted by atomic mass is 16.5. The van der Waals surface area contributed by atoms with Crippen LogP contribution in [0.5, 0.6) is 0 Å². The molecule has 1 rings (SSSR count). The minimum absolute atomic E-state index is 0.0690. The molecule has 0 aromatic heterocycles. The highest BCUT2D eigenvalue weighted by Gasteiger charge is 2.44. The minimum atomic E-state index is -0.738. The topological polar surface area (TPSA) is 46.5 Å². The van der Waals surface area contributed by atoms with E-state index in [1.807, 2.05) is 0 Å². The standard InChI is InChI=1S/C10H14O3/c1-2-3-6-13-8-10(4-5-10)7-9(11)12/h1H,3-8H2,(H,11,12). The van der Waals surface area contributed by atoms with Crippen LogP contribution in [0.1, 0.15) is 25.7 Å². The molecular weight excluding hydrogens is 168 g/mol. The summed E-state index contributed by atoms with van der Waals surface area (Å²) in [6, 6.07) is 0. The largest absolute Gasteiger partial charge is 0.481 e. The molecule has 0 aromatic rings. The Morgan fingerprint density at radius 3 is 2.77 bits per heavy atom. The predicted molar refractivity (Wildman–Crippen MR) is 48.2 cm³/mol. The lowest BCUT2D eigenvalue weighted by atomic mass is 10.0. The molecule has 13 heavy (non-hydrogen) atoms. The normalized spacial score (nSPS) is 17.8. The summed E-state index contributed by atoms with van der Waals surface area (Å²) in [5.41, 5.74) is -0.0690. The zero-order valence-corrected chi connectivity index (χ0v) is 7.58. The predicted octanol–water partition coefficient (Wildman–Crippen LogP) is 1.28. The van der Waals surface area contributed by atoms with Crippen molar-refractivity contribution in [3.8, 4) is 12.3 Å². The summed E-state index contributed by atoms with van der Waals surface area (Å²) in [5.74, 6) is 1.74. The quantitative estimate of drug-likeness (QED) is 0.497. The fourth-order valence-corrected chi connectivity index (χ4v) is 1.29. The Morgan fingerprint density at radius 1 is 1.62 bits per heavy atom. The van der Waals surface area contributed by atoms with Gasteiger partial charge in [-0.15, -0.1) is 12.3 Å². The van der Waals surface area contributed by atoms with E-state index in [0.717, 1.165) is 12.8 Å². The second kappa shape index (κ2) is 4.29. The van der Waals surface area contributed by atoms with Gasteiger partial charge in [-0.2, -0.15) is 0 Å². The van der Waals surface area contributed by atoms with E-state index in [9.17, 15) is 4.79 Å². The molecule has 0 aromatic carbocycles. The average Bonchev–Trinajstić information content (AvgIpc) is 2.78. The van der Waals surface area contributed by atoms with Gasteiger partial charge >= 0.3 is 5.97 Å². The smallest absolute Gasteiger partial charge is 0.303 e. The maximum atomic E-state index is 10.5. The lowest BCUT2D eigenvalue weighted by molar-refractivity contribution is -0.139. The minimum Gasteiger partial charge on any atom is -0.481 e. The summed E-state index contributed by atoms with van der Waals surface area (Å²) < 4.78 is 5.30. The molecule has 1 N–H and O–H groups in total. The van der Waals surface area contributed by atoms with Gasteiger partial charge in [-0.05, 0) is 12.8 Å². The van der Waals surface area contributed by atoms with Crippen LogP contribution in [0.3, 0.4) is 0 Å². The van der Waals surface area contributed by atoms with Crippen LogP contribution < -0.4 is 0 Å². The molecule has 0 amide bonds. The van der Waals surface area contributed by atoms with E-state index >= 15 is 0 Å². The molecule has 0 radical (unpaired) electrons. The molecule has 1 aliphatic rings. The van der Waals surface area contributed by atoms with Crippen molar-refractivity contribution in [2.75, 3.05) is 13.2 Å². The molecule has 72 valence electrons. The van der Waals surface area contributed by atoms with E-state index in [4.69, 9.17) is 16.3 Å². The van der Waals surface area contributed by atoms with E-state index in [0.29, 0.717) is 19.6 Å². The van der Waals surface area contributed by atoms with Gasteiger partial charge in [0.1, 0.15) is 0 Å². The number of hydrogen-bond acceptors (Lipinski definition) is 2. The first-order chi connectivity index (χ1) is 6.18. The SMILES string of the molecule is C#CCCOCC1(CC(=O)O)CC1. The van der Waals surface area contributed by atoms with Crippen LogP contribution in [0.25, 0.3) is 0 Å². The fourth-order valence-electron chi connectivity index (χ4n) is 1.29. The Labute approximate surface area is 78.1 Å². The third kappa shape index (κ3) is 3.47. The number of carboxylic acids is 1. The highest BCUT2D eigenvalue weighted by Crippen LogP contribution is 2.48. The molecule has 0 bridgehead atoms. The van der Waals surface area contributed by atoms with E-state index < -0.39 is 5.97 Å². The second-order valence-corrected chi connectivity index (χ2v) is 3.58. The highest BCUT2D eigenvalue weighted by molar-refractivity contribution is 5.68. The lowest BCUT2D eigenvalue weighted by Crippen LogP contribution is -2.15. The molecule has 0 atom stereocenters. The van der Waals surface area contributed by atoms with Crippen LogP contribution >= 0.6 is 0 Å². The molecule has 1 aliphatic carbocycles. The number of hydrogen-bond donors (Lipinski definition) is 1. The average molecular weight is 182 g/mol. The van der Waals surface area contributed by atoms with Crippen molar-refractivity contribution in [2.45, 2.75) is 25.7 Å². The Bertz CT molecular complexity index is 223. The van der Waals surface area contributed by atoms with Crippen LogP contribution in [0, 0.1) is 17.8 Å². The van der Waals surface area contributed by atoms with E-state index in [-0.39, 0.29) is 11.8 Å². The zero-order chi connectivity index (χ0) is 9.73. The number of carbonyl (C=O) groups is 1. The van der Waals surface area contributed by atoms with Crippen molar-refractivity contribution >= 4 is 5.97 Å². The first-order valence-electron chi connectivity index (χ1n) is 4.42. The molecule has 0 spiro atoms. The first kappa shape index (κ1) is 10.1. The molecule has 3 heteroatoms. The number of ether oxygens (including phenoxy) is 1. The van der Waals surface area contributed by atoms with Gasteiger partial charge in [0, 0.05) is 11.8 Å². The summed E-state index contributed by atoms with van der Waals surface area (Å²) in [5, 5.41) is 8.60. The molecule has 0 saturated heterocycles. The maximum Gasteiger partial charge on any atom is 0.303 e. The van der Waals surface area contributed by atoms with Crippen molar-refractivity contribution in [1.29, 1.82) is 0 Å². The molecule has 0 heterocycles. The Morgan fingerprint density at radius 2 is 2.31 bits per heavy atom. The maximum absolute atomic E-state index is 10.5.